The van der Waals surface area contributed by atoms with Crippen LogP contribution >= 0.6 is 11.3 Å². The number of benzene rings is 2. The van der Waals surface area contributed by atoms with E-state index in [2.05, 4.69) is 15.6 Å². The number of nitrogens with zero attached hydrogens (tertiary/aromatic N) is 1. The van der Waals surface area contributed by atoms with Crippen molar-refractivity contribution in [2.45, 2.75) is 19.8 Å². The van der Waals surface area contributed by atoms with Crippen molar-refractivity contribution in [2.75, 3.05) is 10.6 Å². The minimum atomic E-state index is -0.283. The quantitative estimate of drug-likeness (QED) is 0.659. The molecule has 0 saturated heterocycles. The maximum absolute atomic E-state index is 13.0. The first-order valence-electron chi connectivity index (χ1n) is 8.37. The zero-order valence-corrected chi connectivity index (χ0v) is 15.5. The van der Waals surface area contributed by atoms with Crippen molar-refractivity contribution in [3.8, 4) is 10.6 Å². The second-order valence-electron chi connectivity index (χ2n) is 5.96. The third-order valence-corrected chi connectivity index (χ3v) is 4.66. The van der Waals surface area contributed by atoms with E-state index in [1.165, 1.54) is 30.4 Å². The van der Waals surface area contributed by atoms with Gasteiger partial charge in [-0.25, -0.2) is 9.37 Å². The van der Waals surface area contributed by atoms with E-state index >= 15 is 0 Å². The molecule has 0 atom stereocenters. The second-order valence-corrected chi connectivity index (χ2v) is 6.82. The van der Waals surface area contributed by atoms with Crippen LogP contribution in [0.5, 0.6) is 0 Å². The summed E-state index contributed by atoms with van der Waals surface area (Å²) >= 11 is 1.47. The van der Waals surface area contributed by atoms with Crippen LogP contribution in [0.25, 0.3) is 10.6 Å². The number of aromatic nitrogens is 1. The van der Waals surface area contributed by atoms with E-state index in [0.717, 1.165) is 16.3 Å². The van der Waals surface area contributed by atoms with Crippen LogP contribution in [-0.2, 0) is 16.0 Å². The highest BCUT2D eigenvalue weighted by molar-refractivity contribution is 7.13. The van der Waals surface area contributed by atoms with Crippen LogP contribution < -0.4 is 10.6 Å². The summed E-state index contributed by atoms with van der Waals surface area (Å²) in [6.45, 7) is 1.43. The number of halogens is 1. The molecule has 138 valence electrons. The molecule has 0 aliphatic heterocycles. The van der Waals surface area contributed by atoms with Gasteiger partial charge >= 0.3 is 0 Å². The Balaban J connectivity index is 1.55. The number of thiazole rings is 1. The molecule has 0 aliphatic rings. The fourth-order valence-electron chi connectivity index (χ4n) is 2.49. The number of carbonyl (C=O) groups is 2. The molecule has 5 nitrogen and oxygen atoms in total. The summed E-state index contributed by atoms with van der Waals surface area (Å²) in [7, 11) is 0. The van der Waals surface area contributed by atoms with Gasteiger partial charge in [-0.3, -0.25) is 9.59 Å². The third-order valence-electron chi connectivity index (χ3n) is 3.72. The Morgan fingerprint density at radius 2 is 1.78 bits per heavy atom. The van der Waals surface area contributed by atoms with Gasteiger partial charge in [-0.2, -0.15) is 0 Å². The van der Waals surface area contributed by atoms with Crippen LogP contribution in [0, 0.1) is 5.82 Å². The maximum atomic E-state index is 13.0. The Labute approximate surface area is 160 Å². The first-order chi connectivity index (χ1) is 13.0. The number of nitrogens with one attached hydrogen (secondary N) is 2. The Bertz CT molecular complexity index is 954. The highest BCUT2D eigenvalue weighted by Gasteiger charge is 2.08. The Kier molecular flexibility index (Phi) is 5.93. The van der Waals surface area contributed by atoms with Gasteiger partial charge < -0.3 is 10.6 Å². The summed E-state index contributed by atoms with van der Waals surface area (Å²) in [6.07, 6.45) is 0.797. The van der Waals surface area contributed by atoms with Crippen LogP contribution in [0.3, 0.4) is 0 Å². The van der Waals surface area contributed by atoms with Gasteiger partial charge in [-0.05, 0) is 48.9 Å². The lowest BCUT2D eigenvalue weighted by molar-refractivity contribution is -0.116. The molecule has 0 spiro atoms. The smallest absolute Gasteiger partial charge is 0.224 e. The predicted octanol–water partition coefficient (Wildman–Crippen LogP) is 4.48. The lowest BCUT2D eigenvalue weighted by Gasteiger charge is -2.07. The van der Waals surface area contributed by atoms with E-state index in [-0.39, 0.29) is 24.1 Å². The third kappa shape index (κ3) is 5.46. The monoisotopic (exact) mass is 383 g/mol. The molecule has 0 bridgehead atoms. The molecule has 0 aliphatic carbocycles. The molecule has 2 aromatic carbocycles. The average molecular weight is 383 g/mol. The summed E-state index contributed by atoms with van der Waals surface area (Å²) in [5, 5.41) is 8.20. The van der Waals surface area contributed by atoms with Gasteiger partial charge in [0.25, 0.3) is 0 Å². The summed E-state index contributed by atoms with van der Waals surface area (Å²) in [4.78, 5) is 27.8. The van der Waals surface area contributed by atoms with Crippen LogP contribution in [0.1, 0.15) is 19.0 Å². The predicted molar refractivity (Wildman–Crippen MR) is 105 cm³/mol. The average Bonchev–Trinajstić information content (AvgIpc) is 3.09. The normalized spacial score (nSPS) is 10.4. The van der Waals surface area contributed by atoms with E-state index in [4.69, 9.17) is 0 Å². The molecule has 1 heterocycles. The lowest BCUT2D eigenvalue weighted by Crippen LogP contribution is -2.13. The summed E-state index contributed by atoms with van der Waals surface area (Å²) < 4.78 is 13.0. The first kappa shape index (κ1) is 18.7. The molecule has 0 saturated carbocycles. The zero-order valence-electron chi connectivity index (χ0n) is 14.7. The van der Waals surface area contributed by atoms with Crippen LogP contribution in [-0.4, -0.2) is 16.8 Å². The fraction of sp³-hybridized carbons (Fsp3) is 0.150. The van der Waals surface area contributed by atoms with Crippen molar-refractivity contribution in [3.05, 3.63) is 65.4 Å². The van der Waals surface area contributed by atoms with Gasteiger partial charge in [-0.15, -0.1) is 11.3 Å². The fourth-order valence-corrected chi connectivity index (χ4v) is 3.35. The molecule has 0 fully saturated rings. The molecule has 2 N–H and O–H groups in total. The van der Waals surface area contributed by atoms with E-state index in [0.29, 0.717) is 17.8 Å². The number of rotatable bonds is 6. The minimum absolute atomic E-state index is 0.133. The molecular weight excluding hydrogens is 365 g/mol. The minimum Gasteiger partial charge on any atom is -0.326 e. The second kappa shape index (κ2) is 8.55. The molecule has 1 aromatic heterocycles. The lowest BCUT2D eigenvalue weighted by atomic mass is 10.2. The maximum Gasteiger partial charge on any atom is 0.224 e. The van der Waals surface area contributed by atoms with Gasteiger partial charge in [-0.1, -0.05) is 6.07 Å². The molecule has 0 radical (unpaired) electrons. The van der Waals surface area contributed by atoms with Gasteiger partial charge in [0.1, 0.15) is 10.8 Å². The van der Waals surface area contributed by atoms with E-state index in [1.807, 2.05) is 5.38 Å². The number of aryl methyl sites for hydroxylation is 1. The first-order valence-corrected chi connectivity index (χ1v) is 9.25. The largest absolute Gasteiger partial charge is 0.326 e. The van der Waals surface area contributed by atoms with Gasteiger partial charge in [0.15, 0.2) is 0 Å². The van der Waals surface area contributed by atoms with Crippen molar-refractivity contribution >= 4 is 34.5 Å². The zero-order chi connectivity index (χ0) is 19.2. The van der Waals surface area contributed by atoms with Gasteiger partial charge in [0, 0.05) is 35.7 Å². The van der Waals surface area contributed by atoms with Crippen molar-refractivity contribution in [1.29, 1.82) is 0 Å². The van der Waals surface area contributed by atoms with Crippen molar-refractivity contribution in [1.82, 2.24) is 4.98 Å². The van der Waals surface area contributed by atoms with Crippen molar-refractivity contribution < 1.29 is 14.0 Å². The highest BCUT2D eigenvalue weighted by atomic mass is 32.1. The van der Waals surface area contributed by atoms with E-state index in [1.54, 1.807) is 36.4 Å². The summed E-state index contributed by atoms with van der Waals surface area (Å²) in [5.74, 6) is -0.583. The molecule has 27 heavy (non-hydrogen) atoms. The standard InChI is InChI=1S/C20H18FN3O2S/c1-13(25)22-16-3-2-4-17(11-16)23-19(26)10-9-18-12-27-20(24-18)14-5-7-15(21)8-6-14/h2-8,11-12H,9-10H2,1H3,(H,22,25)(H,23,26). The number of anilines is 2. The number of carbonyl (C=O) groups excluding carboxylic acids is 2. The number of hydrogen-bond donors (Lipinski definition) is 2. The van der Waals surface area contributed by atoms with Gasteiger partial charge in [0.2, 0.25) is 11.8 Å². The topological polar surface area (TPSA) is 71.1 Å². The Morgan fingerprint density at radius 1 is 1.07 bits per heavy atom. The molecule has 3 rings (SSSR count). The van der Waals surface area contributed by atoms with Crippen molar-refractivity contribution in [2.24, 2.45) is 0 Å². The summed E-state index contributed by atoms with van der Waals surface area (Å²) in [6, 6.07) is 13.2. The Hall–Kier alpha value is -3.06. The van der Waals surface area contributed by atoms with E-state index < -0.39 is 0 Å². The Morgan fingerprint density at radius 3 is 2.48 bits per heavy atom. The molecule has 0 unspecified atom stereocenters. The van der Waals surface area contributed by atoms with Crippen LogP contribution in [0.4, 0.5) is 15.8 Å². The van der Waals surface area contributed by atoms with Crippen LogP contribution in [0.15, 0.2) is 53.9 Å². The molecule has 7 heteroatoms. The molecule has 2 amide bonds. The number of amides is 2. The number of hydrogen-bond acceptors (Lipinski definition) is 4. The summed E-state index contributed by atoms with van der Waals surface area (Å²) in [5.41, 5.74) is 2.92. The van der Waals surface area contributed by atoms with E-state index in [9.17, 15) is 14.0 Å². The SMILES string of the molecule is CC(=O)Nc1cccc(NC(=O)CCc2csc(-c3ccc(F)cc3)n2)c1. The van der Waals surface area contributed by atoms with Crippen molar-refractivity contribution in [3.63, 3.8) is 0 Å². The van der Waals surface area contributed by atoms with Crippen LogP contribution in [0.2, 0.25) is 0 Å². The molecular formula is C20H18FN3O2S. The molecule has 3 aromatic rings. The van der Waals surface area contributed by atoms with Gasteiger partial charge in [0.05, 0.1) is 5.69 Å². The highest BCUT2D eigenvalue weighted by Crippen LogP contribution is 2.24.